The molecular formula is C28H46N2O3. The van der Waals surface area contributed by atoms with Gasteiger partial charge in [0.1, 0.15) is 5.75 Å². The van der Waals surface area contributed by atoms with Crippen molar-refractivity contribution < 1.29 is 14.6 Å². The normalized spacial score (nSPS) is 19.2. The van der Waals surface area contributed by atoms with Gasteiger partial charge < -0.3 is 14.7 Å². The Morgan fingerprint density at radius 1 is 0.970 bits per heavy atom. The maximum absolute atomic E-state index is 13.0. The fraction of sp³-hybridized carbons (Fsp3) is 0.750. The van der Waals surface area contributed by atoms with Crippen LogP contribution in [0.2, 0.25) is 0 Å². The van der Waals surface area contributed by atoms with Gasteiger partial charge in [0.25, 0.3) is 0 Å². The number of hydrogen-bond acceptors (Lipinski definition) is 4. The lowest BCUT2D eigenvalue weighted by Crippen LogP contribution is -2.40. The number of phenolic OH excluding ortho intramolecular Hbond substituents is 1. The Morgan fingerprint density at radius 3 is 2.03 bits per heavy atom. The molecule has 33 heavy (non-hydrogen) atoms. The number of carbonyl (C=O) groups is 1. The van der Waals surface area contributed by atoms with Crippen molar-refractivity contribution in [2.45, 2.75) is 84.5 Å². The number of piperidine rings is 1. The molecule has 0 bridgehead atoms. The van der Waals surface area contributed by atoms with Crippen molar-refractivity contribution in [2.24, 2.45) is 5.92 Å². The third-order valence-electron chi connectivity index (χ3n) is 7.34. The van der Waals surface area contributed by atoms with Crippen LogP contribution in [0.3, 0.4) is 0 Å². The summed E-state index contributed by atoms with van der Waals surface area (Å²) in [7, 11) is 0. The van der Waals surface area contributed by atoms with E-state index in [-0.39, 0.29) is 16.7 Å². The molecule has 0 aromatic heterocycles. The number of carbonyl (C=O) groups excluding carboxylic acids is 1. The van der Waals surface area contributed by atoms with Crippen molar-refractivity contribution in [3.8, 4) is 5.75 Å². The highest BCUT2D eigenvalue weighted by molar-refractivity contribution is 5.76. The van der Waals surface area contributed by atoms with Crippen molar-refractivity contribution in [1.29, 1.82) is 0 Å². The van der Waals surface area contributed by atoms with Gasteiger partial charge in [-0.2, -0.15) is 0 Å². The standard InChI is InChI=1S/C28H46N2O3/c1-27(2,3)23-19-22(20-24(26(23)32)28(4,5)6)7-8-25(31)30-13-10-21(11-14-30)9-12-29-15-17-33-18-16-29/h19-21,32H,7-18H2,1-6H3. The number of ether oxygens (including phenoxy) is 1. The summed E-state index contributed by atoms with van der Waals surface area (Å²) in [6.07, 6.45) is 4.74. The molecule has 2 heterocycles. The van der Waals surface area contributed by atoms with Crippen LogP contribution in [0.1, 0.15) is 83.9 Å². The molecule has 1 aromatic carbocycles. The summed E-state index contributed by atoms with van der Waals surface area (Å²) in [6, 6.07) is 4.21. The first-order valence-corrected chi connectivity index (χ1v) is 12.9. The third-order valence-corrected chi connectivity index (χ3v) is 7.34. The number of benzene rings is 1. The van der Waals surface area contributed by atoms with Crippen LogP contribution in [0.15, 0.2) is 12.1 Å². The molecule has 5 heteroatoms. The molecule has 186 valence electrons. The number of aromatic hydroxyl groups is 1. The summed E-state index contributed by atoms with van der Waals surface area (Å²) in [6.45, 7) is 19.6. The zero-order valence-corrected chi connectivity index (χ0v) is 21.9. The third kappa shape index (κ3) is 7.19. The maximum atomic E-state index is 13.0. The lowest BCUT2D eigenvalue weighted by molar-refractivity contribution is -0.132. The number of morpholine rings is 1. The summed E-state index contributed by atoms with van der Waals surface area (Å²) in [5.74, 6) is 1.41. The second-order valence-corrected chi connectivity index (χ2v) is 12.1. The van der Waals surface area contributed by atoms with Gasteiger partial charge in [-0.1, -0.05) is 53.7 Å². The summed E-state index contributed by atoms with van der Waals surface area (Å²) >= 11 is 0. The van der Waals surface area contributed by atoms with E-state index in [9.17, 15) is 9.90 Å². The van der Waals surface area contributed by atoms with Crippen molar-refractivity contribution in [2.75, 3.05) is 45.9 Å². The quantitative estimate of drug-likeness (QED) is 0.660. The molecule has 5 nitrogen and oxygen atoms in total. The van der Waals surface area contributed by atoms with Crippen LogP contribution in [0.5, 0.6) is 5.75 Å². The molecule has 0 atom stereocenters. The highest BCUT2D eigenvalue weighted by Gasteiger charge is 2.27. The Balaban J connectivity index is 1.53. The Hall–Kier alpha value is -1.59. The molecule has 2 saturated heterocycles. The number of phenols is 1. The van der Waals surface area contributed by atoms with Crippen LogP contribution < -0.4 is 0 Å². The van der Waals surface area contributed by atoms with Gasteiger partial charge in [-0.3, -0.25) is 9.69 Å². The Labute approximate surface area is 201 Å². The van der Waals surface area contributed by atoms with Gasteiger partial charge in [-0.15, -0.1) is 0 Å². The first-order chi connectivity index (χ1) is 15.4. The molecule has 1 N–H and O–H groups in total. The van der Waals surface area contributed by atoms with E-state index in [1.807, 2.05) is 0 Å². The van der Waals surface area contributed by atoms with Crippen molar-refractivity contribution in [1.82, 2.24) is 9.80 Å². The minimum absolute atomic E-state index is 0.146. The summed E-state index contributed by atoms with van der Waals surface area (Å²) < 4.78 is 5.44. The molecular weight excluding hydrogens is 412 g/mol. The van der Waals surface area contributed by atoms with Crippen LogP contribution in [0.25, 0.3) is 0 Å². The van der Waals surface area contributed by atoms with Gasteiger partial charge in [0.15, 0.2) is 0 Å². The predicted octanol–water partition coefficient (Wildman–Crippen LogP) is 4.88. The first-order valence-electron chi connectivity index (χ1n) is 12.9. The van der Waals surface area contributed by atoms with Gasteiger partial charge >= 0.3 is 0 Å². The molecule has 1 amide bonds. The van der Waals surface area contributed by atoms with Gasteiger partial charge in [0.05, 0.1) is 13.2 Å². The van der Waals surface area contributed by atoms with E-state index in [0.29, 0.717) is 12.2 Å². The molecule has 3 rings (SSSR count). The van der Waals surface area contributed by atoms with Gasteiger partial charge in [-0.05, 0) is 65.7 Å². The van der Waals surface area contributed by atoms with Crippen LogP contribution >= 0.6 is 0 Å². The number of nitrogens with zero attached hydrogens (tertiary/aromatic N) is 2. The maximum Gasteiger partial charge on any atom is 0.222 e. The van der Waals surface area contributed by atoms with Gasteiger partial charge in [0.2, 0.25) is 5.91 Å². The fourth-order valence-corrected chi connectivity index (χ4v) is 5.05. The second-order valence-electron chi connectivity index (χ2n) is 12.1. The molecule has 0 saturated carbocycles. The van der Waals surface area contributed by atoms with E-state index in [0.717, 1.165) is 87.8 Å². The van der Waals surface area contributed by atoms with E-state index >= 15 is 0 Å². The molecule has 2 fully saturated rings. The summed E-state index contributed by atoms with van der Waals surface area (Å²) in [5.41, 5.74) is 2.80. The van der Waals surface area contributed by atoms with Crippen LogP contribution in [0, 0.1) is 5.92 Å². The van der Waals surface area contributed by atoms with Crippen molar-refractivity contribution in [3.05, 3.63) is 28.8 Å². The highest BCUT2D eigenvalue weighted by Crippen LogP contribution is 2.40. The lowest BCUT2D eigenvalue weighted by atomic mass is 9.78. The van der Waals surface area contributed by atoms with Crippen molar-refractivity contribution >= 4 is 5.91 Å². The van der Waals surface area contributed by atoms with E-state index in [2.05, 4.69) is 63.5 Å². The van der Waals surface area contributed by atoms with E-state index in [4.69, 9.17) is 4.74 Å². The molecule has 2 aliphatic heterocycles. The van der Waals surface area contributed by atoms with Crippen LogP contribution in [0.4, 0.5) is 0 Å². The average Bonchev–Trinajstić information content (AvgIpc) is 2.76. The van der Waals surface area contributed by atoms with Crippen LogP contribution in [-0.4, -0.2) is 66.8 Å². The highest BCUT2D eigenvalue weighted by atomic mass is 16.5. The topological polar surface area (TPSA) is 53.0 Å². The average molecular weight is 459 g/mol. The molecule has 0 radical (unpaired) electrons. The summed E-state index contributed by atoms with van der Waals surface area (Å²) in [4.78, 5) is 17.5. The van der Waals surface area contributed by atoms with E-state index in [1.165, 1.54) is 6.42 Å². The lowest BCUT2D eigenvalue weighted by Gasteiger charge is -2.34. The molecule has 0 spiro atoms. The Bertz CT molecular complexity index is 757. The largest absolute Gasteiger partial charge is 0.507 e. The number of amides is 1. The van der Waals surface area contributed by atoms with Crippen molar-refractivity contribution in [3.63, 3.8) is 0 Å². The zero-order chi connectivity index (χ0) is 24.2. The second kappa shape index (κ2) is 10.8. The Kier molecular flexibility index (Phi) is 8.50. The predicted molar refractivity (Wildman–Crippen MR) is 135 cm³/mol. The molecule has 2 aliphatic rings. The van der Waals surface area contributed by atoms with Crippen LogP contribution in [-0.2, 0) is 26.8 Å². The van der Waals surface area contributed by atoms with Gasteiger partial charge in [-0.25, -0.2) is 0 Å². The SMILES string of the molecule is CC(C)(C)c1cc(CCC(=O)N2CCC(CCN3CCOCC3)CC2)cc(C(C)(C)C)c1O. The number of rotatable bonds is 6. The minimum atomic E-state index is -0.146. The minimum Gasteiger partial charge on any atom is -0.507 e. The number of hydrogen-bond donors (Lipinski definition) is 1. The first kappa shape index (κ1) is 26.0. The monoisotopic (exact) mass is 458 g/mol. The smallest absolute Gasteiger partial charge is 0.222 e. The zero-order valence-electron chi connectivity index (χ0n) is 21.9. The Morgan fingerprint density at radius 2 is 1.52 bits per heavy atom. The van der Waals surface area contributed by atoms with E-state index < -0.39 is 0 Å². The summed E-state index contributed by atoms with van der Waals surface area (Å²) in [5, 5.41) is 10.9. The molecule has 0 aliphatic carbocycles. The van der Waals surface area contributed by atoms with E-state index in [1.54, 1.807) is 0 Å². The molecule has 0 unspecified atom stereocenters. The molecule has 1 aromatic rings. The van der Waals surface area contributed by atoms with Gasteiger partial charge in [0, 0.05) is 32.6 Å². The fourth-order valence-electron chi connectivity index (χ4n) is 5.05. The number of likely N-dealkylation sites (tertiary alicyclic amines) is 1. The number of aryl methyl sites for hydroxylation is 1.